The van der Waals surface area contributed by atoms with Crippen molar-refractivity contribution in [2.24, 2.45) is 5.92 Å². The third-order valence-corrected chi connectivity index (χ3v) is 4.35. The molecule has 1 aliphatic heterocycles. The number of nitrogens with one attached hydrogen (secondary N) is 1. The first kappa shape index (κ1) is 11.3. The van der Waals surface area contributed by atoms with Crippen LogP contribution in [0, 0.1) is 5.92 Å². The number of nitrogens with zero attached hydrogens (tertiary/aromatic N) is 1. The summed E-state index contributed by atoms with van der Waals surface area (Å²) in [6, 6.07) is 0. The average Bonchev–Trinajstić information content (AvgIpc) is 2.82. The van der Waals surface area contributed by atoms with E-state index in [1.807, 2.05) is 0 Å². The van der Waals surface area contributed by atoms with Crippen molar-refractivity contribution in [1.82, 2.24) is 9.97 Å². The van der Waals surface area contributed by atoms with E-state index >= 15 is 0 Å². The Morgan fingerprint density at radius 3 is 2.88 bits per heavy atom. The second kappa shape index (κ2) is 4.81. The molecular weight excluding hydrogens is 212 g/mol. The van der Waals surface area contributed by atoms with Gasteiger partial charge in [0.1, 0.15) is 5.82 Å². The van der Waals surface area contributed by atoms with Gasteiger partial charge < -0.3 is 9.72 Å². The standard InChI is InChI=1S/C14H22N2O/c1-2-10-3-4-12-13(9-10)16-14(15-12)11-5-7-17-8-6-11/h10-11H,2-9H2,1H3,(H,15,16). The van der Waals surface area contributed by atoms with Gasteiger partial charge in [0.05, 0.1) is 5.69 Å². The Hall–Kier alpha value is -0.830. The van der Waals surface area contributed by atoms with Crippen molar-refractivity contribution in [1.29, 1.82) is 0 Å². The zero-order chi connectivity index (χ0) is 11.7. The molecule has 1 atom stereocenters. The van der Waals surface area contributed by atoms with Gasteiger partial charge in [-0.3, -0.25) is 0 Å². The molecule has 0 aromatic carbocycles. The van der Waals surface area contributed by atoms with Crippen molar-refractivity contribution in [3.8, 4) is 0 Å². The molecule has 1 aliphatic carbocycles. The molecule has 1 fully saturated rings. The third-order valence-electron chi connectivity index (χ3n) is 4.35. The average molecular weight is 234 g/mol. The van der Waals surface area contributed by atoms with E-state index < -0.39 is 0 Å². The number of rotatable bonds is 2. The summed E-state index contributed by atoms with van der Waals surface area (Å²) in [5, 5.41) is 0. The molecule has 94 valence electrons. The molecule has 0 radical (unpaired) electrons. The summed E-state index contributed by atoms with van der Waals surface area (Å²) in [5.74, 6) is 2.70. The van der Waals surface area contributed by atoms with E-state index in [-0.39, 0.29) is 0 Å². The lowest BCUT2D eigenvalue weighted by molar-refractivity contribution is 0.0837. The molecule has 0 saturated carbocycles. The molecule has 0 bridgehead atoms. The highest BCUT2D eigenvalue weighted by Crippen LogP contribution is 2.30. The quantitative estimate of drug-likeness (QED) is 0.854. The summed E-state index contributed by atoms with van der Waals surface area (Å²) in [6.07, 6.45) is 7.26. The molecule has 1 aromatic rings. The topological polar surface area (TPSA) is 37.9 Å². The number of imidazole rings is 1. The van der Waals surface area contributed by atoms with Crippen LogP contribution in [0.4, 0.5) is 0 Å². The van der Waals surface area contributed by atoms with Crippen LogP contribution in [0.15, 0.2) is 0 Å². The van der Waals surface area contributed by atoms with E-state index in [1.165, 1.54) is 42.9 Å². The van der Waals surface area contributed by atoms with Gasteiger partial charge in [0, 0.05) is 24.8 Å². The minimum absolute atomic E-state index is 0.606. The van der Waals surface area contributed by atoms with Crippen molar-refractivity contribution in [3.05, 3.63) is 17.2 Å². The fourth-order valence-corrected chi connectivity index (χ4v) is 3.09. The molecule has 3 rings (SSSR count). The zero-order valence-electron chi connectivity index (χ0n) is 10.7. The number of hydrogen-bond acceptors (Lipinski definition) is 2. The summed E-state index contributed by atoms with van der Waals surface area (Å²) in [4.78, 5) is 8.43. The van der Waals surface area contributed by atoms with Gasteiger partial charge in [0.15, 0.2) is 0 Å². The first-order chi connectivity index (χ1) is 8.36. The summed E-state index contributed by atoms with van der Waals surface area (Å²) in [5.41, 5.74) is 2.76. The van der Waals surface area contributed by atoms with Crippen molar-refractivity contribution in [3.63, 3.8) is 0 Å². The smallest absolute Gasteiger partial charge is 0.109 e. The molecule has 0 amide bonds. The monoisotopic (exact) mass is 234 g/mol. The van der Waals surface area contributed by atoms with Gasteiger partial charge in [-0.2, -0.15) is 0 Å². The Kier molecular flexibility index (Phi) is 3.19. The van der Waals surface area contributed by atoms with Gasteiger partial charge in [-0.15, -0.1) is 0 Å². The van der Waals surface area contributed by atoms with E-state index in [1.54, 1.807) is 0 Å². The molecule has 2 aliphatic rings. The molecule has 1 aromatic heterocycles. The minimum atomic E-state index is 0.606. The number of H-pyrrole nitrogens is 1. The molecular formula is C14H22N2O. The van der Waals surface area contributed by atoms with Crippen LogP contribution < -0.4 is 0 Å². The summed E-state index contributed by atoms with van der Waals surface area (Å²) >= 11 is 0. The number of ether oxygens (including phenoxy) is 1. The SMILES string of the molecule is CCC1CCc2nc(C3CCOCC3)[nH]c2C1. The van der Waals surface area contributed by atoms with E-state index in [4.69, 9.17) is 9.72 Å². The summed E-state index contributed by atoms with van der Waals surface area (Å²) in [7, 11) is 0. The fraction of sp³-hybridized carbons (Fsp3) is 0.786. The zero-order valence-corrected chi connectivity index (χ0v) is 10.7. The number of fused-ring (bicyclic) bond motifs is 1. The Balaban J connectivity index is 1.77. The van der Waals surface area contributed by atoms with E-state index in [0.717, 1.165) is 32.0 Å². The Morgan fingerprint density at radius 1 is 1.29 bits per heavy atom. The maximum absolute atomic E-state index is 5.42. The van der Waals surface area contributed by atoms with Crippen LogP contribution in [-0.4, -0.2) is 23.2 Å². The Labute approximate surface area is 103 Å². The van der Waals surface area contributed by atoms with Gasteiger partial charge in [-0.05, 0) is 38.0 Å². The number of aryl methyl sites for hydroxylation is 1. The molecule has 0 spiro atoms. The van der Waals surface area contributed by atoms with E-state index in [2.05, 4.69) is 11.9 Å². The van der Waals surface area contributed by atoms with Crippen LogP contribution >= 0.6 is 0 Å². The van der Waals surface area contributed by atoms with Crippen molar-refractivity contribution in [2.45, 2.75) is 51.4 Å². The van der Waals surface area contributed by atoms with Crippen LogP contribution in [0.3, 0.4) is 0 Å². The predicted molar refractivity (Wildman–Crippen MR) is 67.2 cm³/mol. The van der Waals surface area contributed by atoms with Crippen LogP contribution in [0.2, 0.25) is 0 Å². The lowest BCUT2D eigenvalue weighted by Gasteiger charge is -2.20. The third kappa shape index (κ3) is 2.25. The highest BCUT2D eigenvalue weighted by atomic mass is 16.5. The second-order valence-corrected chi connectivity index (χ2v) is 5.45. The normalized spacial score (nSPS) is 25.8. The minimum Gasteiger partial charge on any atom is -0.381 e. The lowest BCUT2D eigenvalue weighted by Crippen LogP contribution is -2.15. The number of hydrogen-bond donors (Lipinski definition) is 1. The Bertz CT molecular complexity index is 380. The highest BCUT2D eigenvalue weighted by molar-refractivity contribution is 5.20. The van der Waals surface area contributed by atoms with E-state index in [0.29, 0.717) is 5.92 Å². The maximum atomic E-state index is 5.42. The molecule has 3 nitrogen and oxygen atoms in total. The van der Waals surface area contributed by atoms with Crippen molar-refractivity contribution < 1.29 is 4.74 Å². The van der Waals surface area contributed by atoms with Crippen molar-refractivity contribution >= 4 is 0 Å². The van der Waals surface area contributed by atoms with Crippen LogP contribution in [0.1, 0.15) is 55.7 Å². The Morgan fingerprint density at radius 2 is 2.12 bits per heavy atom. The number of aromatic nitrogens is 2. The molecule has 17 heavy (non-hydrogen) atoms. The lowest BCUT2D eigenvalue weighted by atomic mass is 9.88. The van der Waals surface area contributed by atoms with Crippen LogP contribution in [0.5, 0.6) is 0 Å². The van der Waals surface area contributed by atoms with E-state index in [9.17, 15) is 0 Å². The van der Waals surface area contributed by atoms with Crippen LogP contribution in [-0.2, 0) is 17.6 Å². The van der Waals surface area contributed by atoms with Crippen LogP contribution in [0.25, 0.3) is 0 Å². The first-order valence-corrected chi connectivity index (χ1v) is 7.02. The van der Waals surface area contributed by atoms with Gasteiger partial charge in [0.25, 0.3) is 0 Å². The molecule has 1 saturated heterocycles. The summed E-state index contributed by atoms with van der Waals surface area (Å²) in [6.45, 7) is 4.09. The molecule has 1 N–H and O–H groups in total. The largest absolute Gasteiger partial charge is 0.381 e. The molecule has 1 unspecified atom stereocenters. The molecule has 3 heteroatoms. The second-order valence-electron chi connectivity index (χ2n) is 5.45. The van der Waals surface area contributed by atoms with Gasteiger partial charge >= 0.3 is 0 Å². The highest BCUT2D eigenvalue weighted by Gasteiger charge is 2.24. The van der Waals surface area contributed by atoms with Crippen molar-refractivity contribution in [2.75, 3.05) is 13.2 Å². The number of aromatic amines is 1. The van der Waals surface area contributed by atoms with Gasteiger partial charge in [-0.1, -0.05) is 13.3 Å². The maximum Gasteiger partial charge on any atom is 0.109 e. The summed E-state index contributed by atoms with van der Waals surface area (Å²) < 4.78 is 5.42. The van der Waals surface area contributed by atoms with Gasteiger partial charge in [-0.25, -0.2) is 4.98 Å². The fourth-order valence-electron chi connectivity index (χ4n) is 3.09. The predicted octanol–water partition coefficient (Wildman–Crippen LogP) is 2.82. The van der Waals surface area contributed by atoms with Gasteiger partial charge in [0.2, 0.25) is 0 Å². The first-order valence-electron chi connectivity index (χ1n) is 7.02. The molecule has 2 heterocycles.